The summed E-state index contributed by atoms with van der Waals surface area (Å²) < 4.78 is 11.1. The van der Waals surface area contributed by atoms with Gasteiger partial charge in [0.2, 0.25) is 0 Å². The maximum absolute atomic E-state index is 13.7. The number of carbonyl (C=O) groups is 2. The van der Waals surface area contributed by atoms with E-state index in [1.807, 2.05) is 55.5 Å². The molecular weight excluding hydrogens is 482 g/mol. The van der Waals surface area contributed by atoms with Crippen LogP contribution in [0.4, 0.5) is 0 Å². The lowest BCUT2D eigenvalue weighted by molar-refractivity contribution is -0.138. The van der Waals surface area contributed by atoms with Crippen LogP contribution in [0.3, 0.4) is 0 Å². The number of carbonyl (C=O) groups excluding carboxylic acids is 2. The minimum Gasteiger partial charge on any atom is -0.497 e. The molecule has 2 aromatic rings. The molecule has 2 aliphatic rings. The number of methoxy groups -OCH3 is 1. The van der Waals surface area contributed by atoms with Gasteiger partial charge in [-0.05, 0) is 60.4 Å². The van der Waals surface area contributed by atoms with Crippen LogP contribution in [-0.4, -0.2) is 37.0 Å². The lowest BCUT2D eigenvalue weighted by Crippen LogP contribution is -2.36. The van der Waals surface area contributed by atoms with E-state index in [9.17, 15) is 9.59 Å². The molecule has 1 heterocycles. The zero-order valence-electron chi connectivity index (χ0n) is 20.2. The summed E-state index contributed by atoms with van der Waals surface area (Å²) in [5, 5.41) is 4.07. The Balaban J connectivity index is 1.72. The number of allylic oxidation sites excluding steroid dienone is 3. The van der Waals surface area contributed by atoms with E-state index in [-0.39, 0.29) is 11.7 Å². The number of Topliss-reactive ketones (excluding diaryl/α,β-unsaturated/α-hetero) is 1. The zero-order chi connectivity index (χ0) is 24.9. The SMILES string of the molecule is CCSCCOC(=O)C1=C(C)NC2=C(C(=O)C[C@@H](c3ccc(Cl)cc3)C2)[C@@H]1c1cccc(OC)c1. The van der Waals surface area contributed by atoms with Gasteiger partial charge in [0, 0.05) is 40.1 Å². The number of esters is 1. The summed E-state index contributed by atoms with van der Waals surface area (Å²) >= 11 is 7.79. The Kier molecular flexibility index (Phi) is 8.24. The van der Waals surface area contributed by atoms with E-state index in [1.54, 1.807) is 18.9 Å². The molecule has 7 heteroatoms. The fraction of sp³-hybridized carbons (Fsp3) is 0.357. The lowest BCUT2D eigenvalue weighted by Gasteiger charge is -2.36. The van der Waals surface area contributed by atoms with Crippen LogP contribution in [0.2, 0.25) is 5.02 Å². The van der Waals surface area contributed by atoms with Crippen molar-refractivity contribution in [3.8, 4) is 5.75 Å². The molecule has 0 saturated heterocycles. The fourth-order valence-corrected chi connectivity index (χ4v) is 5.47. The Morgan fingerprint density at radius 1 is 1.14 bits per heavy atom. The molecule has 0 radical (unpaired) electrons. The van der Waals surface area contributed by atoms with Gasteiger partial charge in [-0.2, -0.15) is 11.8 Å². The molecule has 1 aliphatic heterocycles. The molecule has 0 spiro atoms. The van der Waals surface area contributed by atoms with Crippen LogP contribution >= 0.6 is 23.4 Å². The second-order valence-corrected chi connectivity index (χ2v) is 10.5. The van der Waals surface area contributed by atoms with Crippen molar-refractivity contribution in [2.45, 2.75) is 38.5 Å². The standard InChI is InChI=1S/C28H30ClNO4S/c1-4-35-13-12-34-28(32)25-17(2)30-23-15-20(18-8-10-21(29)11-9-18)16-24(31)27(23)26(25)19-6-5-7-22(14-19)33-3/h5-11,14,20,26,30H,4,12-13,15-16H2,1-3H3/t20-,26+/m0/s1. The maximum atomic E-state index is 13.7. The van der Waals surface area contributed by atoms with Crippen LogP contribution < -0.4 is 10.1 Å². The van der Waals surface area contributed by atoms with Crippen LogP contribution in [0, 0.1) is 0 Å². The Hall–Kier alpha value is -2.70. The first kappa shape index (κ1) is 25.4. The monoisotopic (exact) mass is 511 g/mol. The molecule has 0 aromatic heterocycles. The first-order valence-electron chi connectivity index (χ1n) is 11.8. The van der Waals surface area contributed by atoms with Crippen LogP contribution in [0.5, 0.6) is 5.75 Å². The highest BCUT2D eigenvalue weighted by Crippen LogP contribution is 2.46. The summed E-state index contributed by atoms with van der Waals surface area (Å²) in [4.78, 5) is 27.0. The summed E-state index contributed by atoms with van der Waals surface area (Å²) in [6, 6.07) is 15.2. The Bertz CT molecular complexity index is 1170. The highest BCUT2D eigenvalue weighted by molar-refractivity contribution is 7.99. The summed E-state index contributed by atoms with van der Waals surface area (Å²) in [5.41, 5.74) is 4.62. The first-order chi connectivity index (χ1) is 16.9. The molecule has 0 unspecified atom stereocenters. The number of hydrogen-bond acceptors (Lipinski definition) is 6. The largest absolute Gasteiger partial charge is 0.497 e. The minimum atomic E-state index is -0.508. The van der Waals surface area contributed by atoms with Gasteiger partial charge in [-0.1, -0.05) is 42.8 Å². The summed E-state index contributed by atoms with van der Waals surface area (Å²) in [7, 11) is 1.61. The fourth-order valence-electron chi connectivity index (χ4n) is 4.85. The van der Waals surface area contributed by atoms with Crippen molar-refractivity contribution in [2.24, 2.45) is 0 Å². The Morgan fingerprint density at radius 2 is 1.91 bits per heavy atom. The molecule has 1 N–H and O–H groups in total. The molecule has 2 atom stereocenters. The number of thioether (sulfide) groups is 1. The molecule has 2 aromatic carbocycles. The first-order valence-corrected chi connectivity index (χ1v) is 13.3. The molecule has 4 rings (SSSR count). The van der Waals surface area contributed by atoms with Crippen molar-refractivity contribution in [1.82, 2.24) is 5.32 Å². The number of ketones is 1. The van der Waals surface area contributed by atoms with Gasteiger partial charge >= 0.3 is 5.97 Å². The number of hydrogen-bond donors (Lipinski definition) is 1. The van der Waals surface area contributed by atoms with Crippen molar-refractivity contribution < 1.29 is 19.1 Å². The average Bonchev–Trinajstić information content (AvgIpc) is 2.86. The van der Waals surface area contributed by atoms with Crippen LogP contribution in [0.1, 0.15) is 49.7 Å². The van der Waals surface area contributed by atoms with E-state index >= 15 is 0 Å². The average molecular weight is 512 g/mol. The second kappa shape index (κ2) is 11.4. The Labute approximate surface area is 215 Å². The summed E-state index contributed by atoms with van der Waals surface area (Å²) in [5.74, 6) is 1.56. The van der Waals surface area contributed by atoms with E-state index in [2.05, 4.69) is 12.2 Å². The van der Waals surface area contributed by atoms with E-state index in [1.165, 1.54) is 0 Å². The predicted octanol–water partition coefficient (Wildman–Crippen LogP) is 6.01. The topological polar surface area (TPSA) is 64.6 Å². The van der Waals surface area contributed by atoms with Gasteiger partial charge in [-0.3, -0.25) is 4.79 Å². The van der Waals surface area contributed by atoms with Crippen LogP contribution in [0.15, 0.2) is 71.1 Å². The van der Waals surface area contributed by atoms with Gasteiger partial charge in [-0.25, -0.2) is 4.79 Å². The Morgan fingerprint density at radius 3 is 2.63 bits per heavy atom. The van der Waals surface area contributed by atoms with Gasteiger partial charge in [0.1, 0.15) is 12.4 Å². The number of benzene rings is 2. The van der Waals surface area contributed by atoms with Crippen molar-refractivity contribution in [3.05, 3.63) is 87.2 Å². The predicted molar refractivity (Wildman–Crippen MR) is 141 cm³/mol. The van der Waals surface area contributed by atoms with Crippen molar-refractivity contribution in [2.75, 3.05) is 25.2 Å². The minimum absolute atomic E-state index is 0.0332. The summed E-state index contributed by atoms with van der Waals surface area (Å²) in [6.45, 7) is 4.28. The van der Waals surface area contributed by atoms with E-state index in [0.717, 1.165) is 28.3 Å². The molecule has 1 aliphatic carbocycles. The van der Waals surface area contributed by atoms with Gasteiger partial charge in [0.05, 0.1) is 12.7 Å². The van der Waals surface area contributed by atoms with Crippen molar-refractivity contribution in [1.29, 1.82) is 0 Å². The molecule has 35 heavy (non-hydrogen) atoms. The molecule has 184 valence electrons. The lowest BCUT2D eigenvalue weighted by atomic mass is 9.71. The third-order valence-corrected chi connectivity index (χ3v) is 7.60. The van der Waals surface area contributed by atoms with Gasteiger partial charge in [-0.15, -0.1) is 0 Å². The number of nitrogens with one attached hydrogen (secondary N) is 1. The third-order valence-electron chi connectivity index (χ3n) is 6.48. The number of ether oxygens (including phenoxy) is 2. The normalized spacial score (nSPS) is 19.8. The van der Waals surface area contributed by atoms with E-state index < -0.39 is 11.9 Å². The smallest absolute Gasteiger partial charge is 0.336 e. The van der Waals surface area contributed by atoms with Gasteiger partial charge in [0.15, 0.2) is 5.78 Å². The van der Waals surface area contributed by atoms with E-state index in [4.69, 9.17) is 21.1 Å². The molecule has 0 amide bonds. The maximum Gasteiger partial charge on any atom is 0.336 e. The quantitative estimate of drug-likeness (QED) is 0.346. The summed E-state index contributed by atoms with van der Waals surface area (Å²) in [6.07, 6.45) is 1.05. The van der Waals surface area contributed by atoms with Gasteiger partial charge < -0.3 is 14.8 Å². The van der Waals surface area contributed by atoms with E-state index in [0.29, 0.717) is 47.1 Å². The third kappa shape index (κ3) is 5.60. The highest BCUT2D eigenvalue weighted by Gasteiger charge is 2.41. The van der Waals surface area contributed by atoms with Crippen LogP contribution in [0.25, 0.3) is 0 Å². The van der Waals surface area contributed by atoms with Crippen molar-refractivity contribution >= 4 is 35.1 Å². The zero-order valence-corrected chi connectivity index (χ0v) is 21.8. The molecule has 0 bridgehead atoms. The van der Waals surface area contributed by atoms with Crippen LogP contribution in [-0.2, 0) is 14.3 Å². The molecule has 5 nitrogen and oxygen atoms in total. The highest BCUT2D eigenvalue weighted by atomic mass is 35.5. The number of halogens is 1. The second-order valence-electron chi connectivity index (χ2n) is 8.68. The van der Waals surface area contributed by atoms with Crippen molar-refractivity contribution in [3.63, 3.8) is 0 Å². The van der Waals surface area contributed by atoms with Gasteiger partial charge in [0.25, 0.3) is 0 Å². The molecule has 0 fully saturated rings. The number of rotatable bonds is 8. The number of dihydropyridines is 1. The molecule has 0 saturated carbocycles. The molecular formula is C28H30ClNO4S.